The molecule has 0 bridgehead atoms. The maximum absolute atomic E-state index is 13.4. The predicted molar refractivity (Wildman–Crippen MR) is 141 cm³/mol. The molecule has 8 nitrogen and oxygen atoms in total. The van der Waals surface area contributed by atoms with E-state index in [1.165, 1.54) is 11.4 Å². The van der Waals surface area contributed by atoms with E-state index >= 15 is 0 Å². The summed E-state index contributed by atoms with van der Waals surface area (Å²) in [6.45, 7) is 6.87. The lowest BCUT2D eigenvalue weighted by molar-refractivity contribution is -0.141. The molecule has 2 rings (SSSR count). The van der Waals surface area contributed by atoms with E-state index < -0.39 is 16.1 Å². The van der Waals surface area contributed by atoms with Crippen LogP contribution in [0.3, 0.4) is 0 Å². The highest BCUT2D eigenvalue weighted by atomic mass is 32.2. The van der Waals surface area contributed by atoms with Crippen molar-refractivity contribution >= 4 is 21.8 Å². The molecule has 2 aromatic carbocycles. The Hall–Kier alpha value is -2.91. The molecule has 36 heavy (non-hydrogen) atoms. The molecule has 0 aliphatic heterocycles. The molecule has 0 aliphatic rings. The molecular formula is C27H39N3O5S. The highest BCUT2D eigenvalue weighted by Gasteiger charge is 2.29. The Balaban J connectivity index is 2.15. The van der Waals surface area contributed by atoms with Gasteiger partial charge in [-0.2, -0.15) is 0 Å². The predicted octanol–water partition coefficient (Wildman–Crippen LogP) is 3.68. The Bertz CT molecular complexity index is 1090. The van der Waals surface area contributed by atoms with Crippen LogP contribution in [-0.4, -0.2) is 62.7 Å². The van der Waals surface area contributed by atoms with Crippen LogP contribution in [0.5, 0.6) is 5.75 Å². The van der Waals surface area contributed by atoms with Crippen molar-refractivity contribution in [1.82, 2.24) is 14.5 Å². The molecule has 0 unspecified atom stereocenters. The summed E-state index contributed by atoms with van der Waals surface area (Å²) >= 11 is 0. The normalized spacial score (nSPS) is 12.4. The first kappa shape index (κ1) is 29.3. The minimum Gasteiger partial charge on any atom is -0.497 e. The fraction of sp³-hybridized carbons (Fsp3) is 0.481. The van der Waals surface area contributed by atoms with E-state index in [-0.39, 0.29) is 42.1 Å². The number of benzene rings is 2. The van der Waals surface area contributed by atoms with E-state index in [9.17, 15) is 18.0 Å². The van der Waals surface area contributed by atoms with Gasteiger partial charge in [-0.3, -0.25) is 9.59 Å². The Morgan fingerprint density at radius 3 is 2.36 bits per heavy atom. The van der Waals surface area contributed by atoms with Crippen LogP contribution in [0.4, 0.5) is 0 Å². The lowest BCUT2D eigenvalue weighted by Gasteiger charge is -2.31. The molecule has 0 radical (unpaired) electrons. The van der Waals surface area contributed by atoms with Gasteiger partial charge in [0.15, 0.2) is 0 Å². The molecule has 0 aliphatic carbocycles. The summed E-state index contributed by atoms with van der Waals surface area (Å²) in [5.74, 6) is 0.571. The first-order valence-corrected chi connectivity index (χ1v) is 13.8. The van der Waals surface area contributed by atoms with Crippen molar-refractivity contribution in [2.45, 2.75) is 57.5 Å². The number of carbonyl (C=O) groups excluding carboxylic acids is 2. The molecule has 198 valence electrons. The van der Waals surface area contributed by atoms with E-state index in [1.54, 1.807) is 42.3 Å². The van der Waals surface area contributed by atoms with E-state index in [0.29, 0.717) is 25.1 Å². The fourth-order valence-corrected chi connectivity index (χ4v) is 5.03. The van der Waals surface area contributed by atoms with Gasteiger partial charge < -0.3 is 15.0 Å². The summed E-state index contributed by atoms with van der Waals surface area (Å²) < 4.78 is 32.1. The third-order valence-corrected chi connectivity index (χ3v) is 7.74. The van der Waals surface area contributed by atoms with Crippen molar-refractivity contribution in [2.75, 3.05) is 27.2 Å². The number of hydrogen-bond acceptors (Lipinski definition) is 5. The molecule has 2 amide bonds. The zero-order chi connectivity index (χ0) is 26.7. The van der Waals surface area contributed by atoms with Crippen molar-refractivity contribution in [3.8, 4) is 5.75 Å². The van der Waals surface area contributed by atoms with Crippen LogP contribution in [0.25, 0.3) is 0 Å². The van der Waals surface area contributed by atoms with Crippen molar-refractivity contribution in [1.29, 1.82) is 0 Å². The summed E-state index contributed by atoms with van der Waals surface area (Å²) in [6, 6.07) is 15.0. The largest absolute Gasteiger partial charge is 0.497 e. The number of methoxy groups -OCH3 is 1. The molecular weight excluding hydrogens is 478 g/mol. The monoisotopic (exact) mass is 517 g/mol. The second kappa shape index (κ2) is 14.0. The summed E-state index contributed by atoms with van der Waals surface area (Å²) in [6.07, 6.45) is 0.911. The minimum atomic E-state index is -3.63. The van der Waals surface area contributed by atoms with Crippen LogP contribution in [0.2, 0.25) is 0 Å². The highest BCUT2D eigenvalue weighted by Crippen LogP contribution is 2.19. The van der Waals surface area contributed by atoms with Crippen molar-refractivity contribution < 1.29 is 22.7 Å². The van der Waals surface area contributed by atoms with Crippen molar-refractivity contribution in [3.63, 3.8) is 0 Å². The number of sulfonamides is 1. The fourth-order valence-electron chi connectivity index (χ4n) is 3.80. The number of nitrogens with zero attached hydrogens (tertiary/aromatic N) is 2. The smallest absolute Gasteiger partial charge is 0.242 e. The van der Waals surface area contributed by atoms with E-state index in [0.717, 1.165) is 5.56 Å². The van der Waals surface area contributed by atoms with Gasteiger partial charge >= 0.3 is 0 Å². The van der Waals surface area contributed by atoms with Gasteiger partial charge in [-0.25, -0.2) is 12.7 Å². The van der Waals surface area contributed by atoms with E-state index in [2.05, 4.69) is 5.32 Å². The Morgan fingerprint density at radius 1 is 1.06 bits per heavy atom. The van der Waals surface area contributed by atoms with Crippen LogP contribution in [-0.2, 0) is 26.2 Å². The summed E-state index contributed by atoms with van der Waals surface area (Å²) in [4.78, 5) is 28.2. The Kier molecular flexibility index (Phi) is 11.4. The van der Waals surface area contributed by atoms with Crippen LogP contribution < -0.4 is 10.1 Å². The molecule has 9 heteroatoms. The quantitative estimate of drug-likeness (QED) is 0.413. The van der Waals surface area contributed by atoms with Gasteiger partial charge in [0.05, 0.1) is 12.0 Å². The average Bonchev–Trinajstić information content (AvgIpc) is 2.87. The van der Waals surface area contributed by atoms with Crippen LogP contribution in [0.15, 0.2) is 59.5 Å². The number of hydrogen-bond donors (Lipinski definition) is 1. The van der Waals surface area contributed by atoms with Gasteiger partial charge in [-0.15, -0.1) is 0 Å². The number of nitrogens with one attached hydrogen (secondary N) is 1. The standard InChI is InChI=1S/C27H39N3O5S/c1-6-25(27(32)28-19-21(2)3)30(20-22-12-10-13-23(18-22)35-5)26(31)16-11-17-29(4)36(33,34)24-14-8-7-9-15-24/h7-10,12-15,18,21,25H,6,11,16-17,19-20H2,1-5H3,(H,28,32)/t25-/m0/s1. The number of rotatable bonds is 14. The lowest BCUT2D eigenvalue weighted by Crippen LogP contribution is -2.49. The van der Waals surface area contributed by atoms with E-state index in [4.69, 9.17) is 4.74 Å². The molecule has 0 spiro atoms. The third kappa shape index (κ3) is 8.34. The summed E-state index contributed by atoms with van der Waals surface area (Å²) in [5.41, 5.74) is 0.849. The minimum absolute atomic E-state index is 0.118. The number of amides is 2. The average molecular weight is 518 g/mol. The highest BCUT2D eigenvalue weighted by molar-refractivity contribution is 7.89. The van der Waals surface area contributed by atoms with Gasteiger partial charge in [0.2, 0.25) is 21.8 Å². The zero-order valence-electron chi connectivity index (χ0n) is 21.9. The zero-order valence-corrected chi connectivity index (χ0v) is 22.8. The first-order chi connectivity index (χ1) is 17.1. The Morgan fingerprint density at radius 2 is 1.75 bits per heavy atom. The molecule has 0 saturated heterocycles. The van der Waals surface area contributed by atoms with Gasteiger partial charge in [0.25, 0.3) is 0 Å². The van der Waals surface area contributed by atoms with Crippen LogP contribution in [0.1, 0.15) is 45.6 Å². The maximum atomic E-state index is 13.4. The van der Waals surface area contributed by atoms with Crippen molar-refractivity contribution in [2.24, 2.45) is 5.92 Å². The molecule has 0 aromatic heterocycles. The number of carbonyl (C=O) groups is 2. The SMILES string of the molecule is CC[C@@H](C(=O)NCC(C)C)N(Cc1cccc(OC)c1)C(=O)CCCN(C)S(=O)(=O)c1ccccc1. The lowest BCUT2D eigenvalue weighted by atomic mass is 10.1. The molecule has 0 saturated carbocycles. The third-order valence-electron chi connectivity index (χ3n) is 5.87. The second-order valence-corrected chi connectivity index (χ2v) is 11.2. The first-order valence-electron chi connectivity index (χ1n) is 12.3. The molecule has 0 heterocycles. The molecule has 2 aromatic rings. The summed E-state index contributed by atoms with van der Waals surface area (Å²) in [7, 11) is -0.544. The van der Waals surface area contributed by atoms with E-state index in [1.807, 2.05) is 45.0 Å². The molecule has 1 N–H and O–H groups in total. The van der Waals surface area contributed by atoms with Crippen LogP contribution in [0, 0.1) is 5.92 Å². The summed E-state index contributed by atoms with van der Waals surface area (Å²) in [5, 5.41) is 2.94. The topological polar surface area (TPSA) is 96.0 Å². The molecule has 1 atom stereocenters. The van der Waals surface area contributed by atoms with Crippen LogP contribution >= 0.6 is 0 Å². The van der Waals surface area contributed by atoms with Gasteiger partial charge in [0, 0.05) is 33.1 Å². The Labute approximate surface area is 215 Å². The van der Waals surface area contributed by atoms with Gasteiger partial charge in [0.1, 0.15) is 11.8 Å². The van der Waals surface area contributed by atoms with Gasteiger partial charge in [-0.05, 0) is 48.6 Å². The second-order valence-electron chi connectivity index (χ2n) is 9.18. The van der Waals surface area contributed by atoms with Crippen molar-refractivity contribution in [3.05, 3.63) is 60.2 Å². The van der Waals surface area contributed by atoms with Gasteiger partial charge in [-0.1, -0.05) is 51.1 Å². The maximum Gasteiger partial charge on any atom is 0.242 e. The molecule has 0 fully saturated rings. The number of ether oxygens (including phenoxy) is 1.